The zero-order valence-corrected chi connectivity index (χ0v) is 32.4. The van der Waals surface area contributed by atoms with Crippen LogP contribution in [0, 0.1) is 11.8 Å². The monoisotopic (exact) mass is 832 g/mol. The van der Waals surface area contributed by atoms with E-state index >= 15 is 0 Å². The number of nitrogens with two attached hydrogens (primary N) is 2. The van der Waals surface area contributed by atoms with Crippen LogP contribution in [0.5, 0.6) is 0 Å². The van der Waals surface area contributed by atoms with E-state index in [-0.39, 0.29) is 41.3 Å². The van der Waals surface area contributed by atoms with E-state index < -0.39 is 96.6 Å². The molecule has 10 N–H and O–H groups in total. The van der Waals surface area contributed by atoms with E-state index in [4.69, 9.17) is 16.2 Å². The van der Waals surface area contributed by atoms with E-state index in [9.17, 15) is 53.7 Å². The van der Waals surface area contributed by atoms with Crippen molar-refractivity contribution in [3.05, 3.63) is 57.6 Å². The average Bonchev–Trinajstić information content (AvgIpc) is 3.16. The molecule has 4 unspecified atom stereocenters. The Morgan fingerprint density at radius 2 is 1.63 bits per heavy atom. The fourth-order valence-electron chi connectivity index (χ4n) is 5.19. The fourth-order valence-corrected chi connectivity index (χ4v) is 7.41. The van der Waals surface area contributed by atoms with E-state index in [1.165, 1.54) is 34.9 Å². The van der Waals surface area contributed by atoms with Crippen molar-refractivity contribution in [2.45, 2.75) is 57.0 Å². The number of nitrogen functional groups attached to an aromatic ring is 1. The van der Waals surface area contributed by atoms with Crippen molar-refractivity contribution < 1.29 is 53.6 Å². The molecule has 3 rings (SSSR count). The molecule has 0 saturated carbocycles. The van der Waals surface area contributed by atoms with E-state index in [0.717, 1.165) is 5.56 Å². The summed E-state index contributed by atoms with van der Waals surface area (Å²) >= 11 is 0. The molecule has 0 bridgehead atoms. The molecule has 1 aromatic carbocycles. The van der Waals surface area contributed by atoms with Gasteiger partial charge < -0.3 is 42.2 Å². The highest BCUT2D eigenvalue weighted by Gasteiger charge is 2.31. The quantitative estimate of drug-likeness (QED) is 0.0305. The number of hydrogen-bond acceptors (Lipinski definition) is 16. The fraction of sp³-hybridized carbons (Fsp3) is 0.457. The summed E-state index contributed by atoms with van der Waals surface area (Å²) in [7, 11) is 4.08. The Labute approximate surface area is 333 Å². The SMILES string of the molecule is COCCSSCC(CC(=O)C(CC(=O)O)NC(=O)C(N)CNC(=O)CCC(CC(=O)c1ccc(CCc2cnc3nc(N)[nH]c(=O)c3n2)cc1)C(=O)O)C(=O)O. The third-order valence-corrected chi connectivity index (χ3v) is 10.8. The molecule has 0 spiro atoms. The summed E-state index contributed by atoms with van der Waals surface area (Å²) in [5, 5.41) is 33.2. The molecule has 0 radical (unpaired) electrons. The first kappa shape index (κ1) is 45.9. The van der Waals surface area contributed by atoms with Gasteiger partial charge in [-0.1, -0.05) is 45.9 Å². The molecule has 0 aliphatic carbocycles. The third-order valence-electron chi connectivity index (χ3n) is 8.39. The Morgan fingerprint density at radius 3 is 2.28 bits per heavy atom. The summed E-state index contributed by atoms with van der Waals surface area (Å²) in [6, 6.07) is 3.51. The van der Waals surface area contributed by atoms with Crippen molar-refractivity contribution in [3.8, 4) is 0 Å². The van der Waals surface area contributed by atoms with Crippen LogP contribution in [0.25, 0.3) is 11.2 Å². The van der Waals surface area contributed by atoms with Gasteiger partial charge in [0.15, 0.2) is 22.7 Å². The summed E-state index contributed by atoms with van der Waals surface area (Å²) < 4.78 is 4.92. The van der Waals surface area contributed by atoms with Gasteiger partial charge in [-0.05, 0) is 24.8 Å². The van der Waals surface area contributed by atoms with Crippen molar-refractivity contribution in [3.63, 3.8) is 0 Å². The number of carboxylic acid groups (broad SMARTS) is 3. The Morgan fingerprint density at radius 1 is 0.930 bits per heavy atom. The Bertz CT molecular complexity index is 1980. The first-order valence-electron chi connectivity index (χ1n) is 17.5. The molecule has 4 atom stereocenters. The molecule has 57 heavy (non-hydrogen) atoms. The van der Waals surface area contributed by atoms with Gasteiger partial charge in [0.2, 0.25) is 17.8 Å². The van der Waals surface area contributed by atoms with Crippen LogP contribution in [0.2, 0.25) is 0 Å². The number of methoxy groups -OCH3 is 1. The minimum atomic E-state index is -1.58. The van der Waals surface area contributed by atoms with E-state index in [1.807, 2.05) is 0 Å². The average molecular weight is 833 g/mol. The molecule has 0 aliphatic rings. The van der Waals surface area contributed by atoms with Gasteiger partial charge >= 0.3 is 17.9 Å². The number of fused-ring (bicyclic) bond motifs is 1. The van der Waals surface area contributed by atoms with Gasteiger partial charge in [0.05, 0.1) is 42.8 Å². The van der Waals surface area contributed by atoms with Crippen LogP contribution in [-0.4, -0.2) is 120 Å². The summed E-state index contributed by atoms with van der Waals surface area (Å²) in [5.41, 5.74) is 12.7. The number of nitrogens with one attached hydrogen (secondary N) is 3. The van der Waals surface area contributed by atoms with Crippen LogP contribution in [0.4, 0.5) is 5.95 Å². The number of benzene rings is 1. The lowest BCUT2D eigenvalue weighted by Gasteiger charge is -2.21. The molecular formula is C35H44N8O12S2. The van der Waals surface area contributed by atoms with Gasteiger partial charge in [-0.2, -0.15) is 4.98 Å². The van der Waals surface area contributed by atoms with E-state index in [0.29, 0.717) is 30.9 Å². The van der Waals surface area contributed by atoms with Crippen LogP contribution in [0.1, 0.15) is 53.7 Å². The van der Waals surface area contributed by atoms with Crippen LogP contribution in [0.3, 0.4) is 0 Å². The number of hydrogen-bond donors (Lipinski definition) is 8. The number of nitrogens with zero attached hydrogens (tertiary/aromatic N) is 3. The van der Waals surface area contributed by atoms with Crippen LogP contribution >= 0.6 is 21.6 Å². The van der Waals surface area contributed by atoms with Gasteiger partial charge in [0, 0.05) is 50.0 Å². The molecular weight excluding hydrogens is 789 g/mol. The van der Waals surface area contributed by atoms with Crippen molar-refractivity contribution in [1.82, 2.24) is 30.6 Å². The molecule has 3 aromatic rings. The number of carbonyl (C=O) groups is 7. The van der Waals surface area contributed by atoms with E-state index in [2.05, 4.69) is 30.6 Å². The van der Waals surface area contributed by atoms with Gasteiger partial charge in [-0.25, -0.2) is 9.97 Å². The number of amides is 2. The van der Waals surface area contributed by atoms with Crippen molar-refractivity contribution >= 4 is 80.0 Å². The minimum Gasteiger partial charge on any atom is -0.481 e. The first-order chi connectivity index (χ1) is 27.1. The van der Waals surface area contributed by atoms with Crippen LogP contribution in [0.15, 0.2) is 35.3 Å². The van der Waals surface area contributed by atoms with Crippen LogP contribution < -0.4 is 27.7 Å². The van der Waals surface area contributed by atoms with Gasteiger partial charge in [0.1, 0.15) is 6.04 Å². The van der Waals surface area contributed by atoms with Crippen molar-refractivity contribution in [2.24, 2.45) is 17.6 Å². The zero-order valence-electron chi connectivity index (χ0n) is 30.8. The number of aliphatic carboxylic acids is 3. The number of aromatic amines is 1. The normalized spacial score (nSPS) is 13.2. The second-order valence-electron chi connectivity index (χ2n) is 12.8. The summed E-state index contributed by atoms with van der Waals surface area (Å²) in [4.78, 5) is 113. The standard InChI is InChI=1S/C35H44N8O12S2/c1-55-10-11-56-57-17-21(34(53)54)13-26(45)24(14-28(47)48)41-31(49)23(36)16-38-27(46)9-7-20(33(51)52)12-25(44)19-5-2-18(3-6-19)4-8-22-15-39-30-29(40-22)32(50)43-35(37)42-30/h2-3,5-6,15,20-21,23-24H,4,7-14,16-17,36H2,1H3,(H,38,46)(H,41,49)(H,47,48)(H,51,52)(H,53,54)(H3,37,39,42,43,50). The molecule has 0 saturated heterocycles. The lowest BCUT2D eigenvalue weighted by molar-refractivity contribution is -0.144. The predicted molar refractivity (Wildman–Crippen MR) is 208 cm³/mol. The summed E-state index contributed by atoms with van der Waals surface area (Å²) in [6.07, 6.45) is 0.102. The van der Waals surface area contributed by atoms with Gasteiger partial charge in [-0.3, -0.25) is 43.3 Å². The Balaban J connectivity index is 1.46. The van der Waals surface area contributed by atoms with E-state index in [1.54, 1.807) is 24.3 Å². The number of ether oxygens (including phenoxy) is 1. The molecule has 2 aromatic heterocycles. The topological polar surface area (TPSA) is 337 Å². The van der Waals surface area contributed by atoms with Crippen molar-refractivity contribution in [1.29, 1.82) is 0 Å². The predicted octanol–water partition coefficient (Wildman–Crippen LogP) is 0.225. The zero-order chi connectivity index (χ0) is 42.1. The highest BCUT2D eigenvalue weighted by Crippen LogP contribution is 2.26. The van der Waals surface area contributed by atoms with Gasteiger partial charge in [0.25, 0.3) is 5.56 Å². The first-order valence-corrected chi connectivity index (χ1v) is 20.0. The summed E-state index contributed by atoms with van der Waals surface area (Å²) in [5.74, 6) is -8.71. The summed E-state index contributed by atoms with van der Waals surface area (Å²) in [6.45, 7) is -0.00820. The number of aryl methyl sites for hydroxylation is 2. The maximum absolute atomic E-state index is 13.0. The number of rotatable bonds is 26. The smallest absolute Gasteiger partial charge is 0.307 e. The van der Waals surface area contributed by atoms with Crippen molar-refractivity contribution in [2.75, 3.05) is 37.5 Å². The molecule has 0 aliphatic heterocycles. The molecule has 308 valence electrons. The number of ketones is 2. The number of Topliss-reactive ketones (excluding diaryl/α,β-unsaturated/α-hetero) is 2. The highest BCUT2D eigenvalue weighted by atomic mass is 33.1. The molecule has 22 heteroatoms. The largest absolute Gasteiger partial charge is 0.481 e. The maximum atomic E-state index is 13.0. The molecule has 20 nitrogen and oxygen atoms in total. The minimum absolute atomic E-state index is 0.0471. The van der Waals surface area contributed by atoms with Crippen LogP contribution in [-0.2, 0) is 46.3 Å². The third kappa shape index (κ3) is 15.5. The lowest BCUT2D eigenvalue weighted by Crippen LogP contribution is -2.53. The lowest BCUT2D eigenvalue weighted by atomic mass is 9.93. The number of carbonyl (C=O) groups excluding carboxylic acids is 4. The second kappa shape index (κ2) is 22.9. The second-order valence-corrected chi connectivity index (χ2v) is 15.4. The molecule has 0 fully saturated rings. The molecule has 2 heterocycles. The number of anilines is 1. The van der Waals surface area contributed by atoms with Gasteiger partial charge in [-0.15, -0.1) is 0 Å². The number of carboxylic acids is 3. The highest BCUT2D eigenvalue weighted by molar-refractivity contribution is 8.76. The molecule has 2 amide bonds. The Kier molecular flexibility index (Phi) is 18.5. The number of aromatic nitrogens is 4. The Hall–Kier alpha value is -5.45. The number of H-pyrrole nitrogens is 1. The maximum Gasteiger partial charge on any atom is 0.307 e.